The van der Waals surface area contributed by atoms with E-state index in [1.165, 1.54) is 6.92 Å². The van der Waals surface area contributed by atoms with Crippen LogP contribution in [0.15, 0.2) is 0 Å². The van der Waals surface area contributed by atoms with Crippen LogP contribution in [0.3, 0.4) is 0 Å². The summed E-state index contributed by atoms with van der Waals surface area (Å²) in [4.78, 5) is 46.3. The number of hydrogen-bond acceptors (Lipinski definition) is 5. The molecule has 0 saturated carbocycles. The molecule has 0 bridgehead atoms. The lowest BCUT2D eigenvalue weighted by Gasteiger charge is -2.23. The summed E-state index contributed by atoms with van der Waals surface area (Å²) in [7, 11) is 0. The number of rotatable bonds is 10. The van der Waals surface area contributed by atoms with Crippen LogP contribution in [0.1, 0.15) is 40.0 Å². The van der Waals surface area contributed by atoms with Crippen molar-refractivity contribution in [3.8, 4) is 0 Å². The van der Waals surface area contributed by atoms with Gasteiger partial charge in [-0.1, -0.05) is 13.8 Å². The zero-order valence-electron chi connectivity index (χ0n) is 13.8. The molecule has 132 valence electrons. The summed E-state index contributed by atoms with van der Waals surface area (Å²) in [6, 6.07) is -2.69. The molecule has 0 aliphatic heterocycles. The smallest absolute Gasteiger partial charge is 0.243 e. The monoisotopic (exact) mass is 329 g/mol. The molecule has 0 radical (unpaired) electrons. The van der Waals surface area contributed by atoms with E-state index in [0.717, 1.165) is 0 Å². The average molecular weight is 329 g/mol. The maximum Gasteiger partial charge on any atom is 0.243 e. The minimum absolute atomic E-state index is 0.00673. The largest absolute Gasteiger partial charge is 0.370 e. The number of nitrogens with one attached hydrogen (secondary N) is 2. The Balaban J connectivity index is 4.97. The highest BCUT2D eigenvalue weighted by Crippen LogP contribution is 2.06. The fourth-order valence-electron chi connectivity index (χ4n) is 1.85. The summed E-state index contributed by atoms with van der Waals surface area (Å²) >= 11 is 0. The molecule has 0 unspecified atom stereocenters. The predicted octanol–water partition coefficient (Wildman–Crippen LogP) is -1.90. The van der Waals surface area contributed by atoms with Crippen LogP contribution < -0.4 is 27.8 Å². The summed E-state index contributed by atoms with van der Waals surface area (Å²) in [5.74, 6) is -2.29. The van der Waals surface area contributed by atoms with E-state index in [2.05, 4.69) is 10.6 Å². The summed E-state index contributed by atoms with van der Waals surface area (Å²) in [5, 5.41) is 4.93. The molecular weight excluding hydrogens is 302 g/mol. The molecular formula is C14H27N5O4. The Bertz CT molecular complexity index is 450. The summed E-state index contributed by atoms with van der Waals surface area (Å²) in [6.07, 6.45) is 0.278. The molecule has 0 rings (SSSR count). The standard InChI is InChI=1S/C14H27N5O4/c1-7(2)6-10(12(17)21)19-14(23)9(4-5-11(16)20)18-13(22)8(3)15/h7-10H,4-6,15H2,1-3H3,(H2,16,20)(H2,17,21)(H,18,22)(H,19,23)/t8-,9-,10-/m0/s1. The topological polar surface area (TPSA) is 170 Å². The second-order valence-corrected chi connectivity index (χ2v) is 5.95. The van der Waals surface area contributed by atoms with Gasteiger partial charge in [-0.2, -0.15) is 0 Å². The van der Waals surface area contributed by atoms with Gasteiger partial charge in [0.2, 0.25) is 23.6 Å². The molecule has 0 aliphatic carbocycles. The van der Waals surface area contributed by atoms with Crippen molar-refractivity contribution in [1.82, 2.24) is 10.6 Å². The lowest BCUT2D eigenvalue weighted by molar-refractivity contribution is -0.132. The first-order valence-corrected chi connectivity index (χ1v) is 7.48. The maximum atomic E-state index is 12.3. The molecule has 4 amide bonds. The van der Waals surface area contributed by atoms with Gasteiger partial charge in [0, 0.05) is 6.42 Å². The molecule has 3 atom stereocenters. The molecule has 23 heavy (non-hydrogen) atoms. The summed E-state index contributed by atoms with van der Waals surface area (Å²) in [5.41, 5.74) is 15.8. The Morgan fingerprint density at radius 1 is 0.913 bits per heavy atom. The van der Waals surface area contributed by atoms with Gasteiger partial charge < -0.3 is 27.8 Å². The van der Waals surface area contributed by atoms with Crippen LogP contribution in [0.25, 0.3) is 0 Å². The highest BCUT2D eigenvalue weighted by Gasteiger charge is 2.27. The van der Waals surface area contributed by atoms with Gasteiger partial charge in [0.25, 0.3) is 0 Å². The number of primary amides is 2. The van der Waals surface area contributed by atoms with Crippen molar-refractivity contribution >= 4 is 23.6 Å². The van der Waals surface area contributed by atoms with Gasteiger partial charge in [0.1, 0.15) is 12.1 Å². The van der Waals surface area contributed by atoms with Crippen LogP contribution in [0, 0.1) is 5.92 Å². The minimum atomic E-state index is -1.02. The van der Waals surface area contributed by atoms with Crippen LogP contribution >= 0.6 is 0 Å². The second kappa shape index (κ2) is 9.78. The van der Waals surface area contributed by atoms with Gasteiger partial charge in [-0.3, -0.25) is 19.2 Å². The van der Waals surface area contributed by atoms with Crippen molar-refractivity contribution in [2.24, 2.45) is 23.1 Å². The van der Waals surface area contributed by atoms with Gasteiger partial charge in [0.15, 0.2) is 0 Å². The Kier molecular flexibility index (Phi) is 8.86. The van der Waals surface area contributed by atoms with Gasteiger partial charge in [-0.25, -0.2) is 0 Å². The van der Waals surface area contributed by atoms with E-state index in [4.69, 9.17) is 17.2 Å². The van der Waals surface area contributed by atoms with E-state index in [-0.39, 0.29) is 18.8 Å². The third-order valence-electron chi connectivity index (χ3n) is 3.09. The Labute approximate surface area is 135 Å². The molecule has 0 heterocycles. The quantitative estimate of drug-likeness (QED) is 0.314. The normalized spacial score (nSPS) is 14.7. The molecule has 0 saturated heterocycles. The average Bonchev–Trinajstić information content (AvgIpc) is 2.41. The van der Waals surface area contributed by atoms with Crippen molar-refractivity contribution in [2.45, 2.75) is 58.2 Å². The number of carbonyl (C=O) groups is 4. The predicted molar refractivity (Wildman–Crippen MR) is 84.6 cm³/mol. The highest BCUT2D eigenvalue weighted by molar-refractivity contribution is 5.92. The molecule has 0 fully saturated rings. The second-order valence-electron chi connectivity index (χ2n) is 5.95. The first-order valence-electron chi connectivity index (χ1n) is 7.48. The first kappa shape index (κ1) is 20.8. The van der Waals surface area contributed by atoms with Gasteiger partial charge >= 0.3 is 0 Å². The van der Waals surface area contributed by atoms with Crippen molar-refractivity contribution in [3.63, 3.8) is 0 Å². The number of nitrogens with two attached hydrogens (primary N) is 3. The summed E-state index contributed by atoms with van der Waals surface area (Å²) < 4.78 is 0. The summed E-state index contributed by atoms with van der Waals surface area (Å²) in [6.45, 7) is 5.22. The third kappa shape index (κ3) is 8.77. The molecule has 0 aromatic heterocycles. The van der Waals surface area contributed by atoms with Crippen molar-refractivity contribution < 1.29 is 19.2 Å². The fourth-order valence-corrected chi connectivity index (χ4v) is 1.85. The molecule has 0 aromatic carbocycles. The van der Waals surface area contributed by atoms with E-state index >= 15 is 0 Å². The van der Waals surface area contributed by atoms with Crippen LogP contribution in [-0.4, -0.2) is 41.8 Å². The van der Waals surface area contributed by atoms with Crippen molar-refractivity contribution in [1.29, 1.82) is 0 Å². The molecule has 0 aliphatic rings. The number of hydrogen-bond donors (Lipinski definition) is 5. The van der Waals surface area contributed by atoms with Gasteiger partial charge in [-0.05, 0) is 25.7 Å². The Hall–Kier alpha value is -2.16. The van der Waals surface area contributed by atoms with Crippen LogP contribution in [0.5, 0.6) is 0 Å². The van der Waals surface area contributed by atoms with E-state index in [1.807, 2.05) is 13.8 Å². The molecule has 9 nitrogen and oxygen atoms in total. The van der Waals surface area contributed by atoms with Crippen LogP contribution in [0.2, 0.25) is 0 Å². The zero-order valence-corrected chi connectivity index (χ0v) is 13.8. The zero-order chi connectivity index (χ0) is 18.2. The van der Waals surface area contributed by atoms with Gasteiger partial charge in [0.05, 0.1) is 6.04 Å². The van der Waals surface area contributed by atoms with Crippen molar-refractivity contribution in [3.05, 3.63) is 0 Å². The lowest BCUT2D eigenvalue weighted by atomic mass is 10.0. The van der Waals surface area contributed by atoms with Crippen LogP contribution in [0.4, 0.5) is 0 Å². The Morgan fingerprint density at radius 2 is 1.43 bits per heavy atom. The van der Waals surface area contributed by atoms with E-state index < -0.39 is 41.8 Å². The van der Waals surface area contributed by atoms with E-state index in [1.54, 1.807) is 0 Å². The highest BCUT2D eigenvalue weighted by atomic mass is 16.2. The minimum Gasteiger partial charge on any atom is -0.370 e. The lowest BCUT2D eigenvalue weighted by Crippen LogP contribution is -2.55. The third-order valence-corrected chi connectivity index (χ3v) is 3.09. The number of amides is 4. The van der Waals surface area contributed by atoms with Gasteiger partial charge in [-0.15, -0.1) is 0 Å². The first-order chi connectivity index (χ1) is 10.5. The molecule has 8 N–H and O–H groups in total. The van der Waals surface area contributed by atoms with Crippen LogP contribution in [-0.2, 0) is 19.2 Å². The molecule has 0 spiro atoms. The van der Waals surface area contributed by atoms with E-state index in [9.17, 15) is 19.2 Å². The van der Waals surface area contributed by atoms with Crippen molar-refractivity contribution in [2.75, 3.05) is 0 Å². The number of carbonyl (C=O) groups excluding carboxylic acids is 4. The Morgan fingerprint density at radius 3 is 1.83 bits per heavy atom. The SMILES string of the molecule is CC(C)C[C@H](NC(=O)[C@H](CCC(N)=O)NC(=O)[C@H](C)N)C(N)=O. The van der Waals surface area contributed by atoms with E-state index in [0.29, 0.717) is 6.42 Å². The molecule has 0 aromatic rings. The fraction of sp³-hybridized carbons (Fsp3) is 0.714. The maximum absolute atomic E-state index is 12.3. The molecule has 9 heteroatoms.